The number of methoxy groups -OCH3 is 1. The van der Waals surface area contributed by atoms with E-state index in [9.17, 15) is 4.79 Å². The third-order valence-electron chi connectivity index (χ3n) is 6.29. The van der Waals surface area contributed by atoms with E-state index < -0.39 is 0 Å². The number of amides is 1. The minimum Gasteiger partial charge on any atom is -0.493 e. The molecule has 2 aromatic carbocycles. The number of para-hydroxylation sites is 2. The number of ether oxygens (including phenoxy) is 2. The van der Waals surface area contributed by atoms with Crippen LogP contribution in [0.4, 0.5) is 11.4 Å². The minimum absolute atomic E-state index is 0.199. The lowest BCUT2D eigenvalue weighted by Crippen LogP contribution is -2.46. The van der Waals surface area contributed by atoms with Gasteiger partial charge < -0.3 is 29.1 Å². The zero-order chi connectivity index (χ0) is 24.1. The van der Waals surface area contributed by atoms with Crippen LogP contribution in [0.2, 0.25) is 0 Å². The highest BCUT2D eigenvalue weighted by Gasteiger charge is 2.20. The Morgan fingerprint density at radius 1 is 1.09 bits per heavy atom. The number of hydrogen-bond donors (Lipinski definition) is 1. The Balaban J connectivity index is 1.46. The van der Waals surface area contributed by atoms with Gasteiger partial charge in [-0.2, -0.15) is 0 Å². The van der Waals surface area contributed by atoms with E-state index in [1.165, 1.54) is 0 Å². The molecule has 0 aliphatic carbocycles. The molecule has 3 aromatic rings. The van der Waals surface area contributed by atoms with E-state index in [1.807, 2.05) is 32.0 Å². The van der Waals surface area contributed by atoms with Gasteiger partial charge in [-0.1, -0.05) is 24.2 Å². The summed E-state index contributed by atoms with van der Waals surface area (Å²) in [5, 5.41) is 7.03. The summed E-state index contributed by atoms with van der Waals surface area (Å²) in [6.07, 6.45) is 0. The van der Waals surface area contributed by atoms with Gasteiger partial charge in [-0.3, -0.25) is 4.79 Å². The summed E-state index contributed by atoms with van der Waals surface area (Å²) in [4.78, 5) is 17.9. The average Bonchev–Trinajstić information content (AvgIpc) is 3.19. The second-order valence-electron chi connectivity index (χ2n) is 8.35. The number of nitrogens with one attached hydrogen (secondary N) is 1. The van der Waals surface area contributed by atoms with Crippen molar-refractivity contribution < 1.29 is 18.8 Å². The van der Waals surface area contributed by atoms with E-state index in [1.54, 1.807) is 25.3 Å². The van der Waals surface area contributed by atoms with Crippen LogP contribution in [0.5, 0.6) is 11.5 Å². The SMILES string of the molecule is CCN1CCN(c2ccccc2NC(=O)c2ccc(OCc3c(C)noc3C)c(OC)c2)CC1. The first-order valence-corrected chi connectivity index (χ1v) is 11.6. The van der Waals surface area contributed by atoms with Gasteiger partial charge in [0, 0.05) is 31.7 Å². The van der Waals surface area contributed by atoms with Crippen LogP contribution in [-0.4, -0.2) is 55.8 Å². The number of likely N-dealkylation sites (N-methyl/N-ethyl adjacent to an activating group) is 1. The van der Waals surface area contributed by atoms with Gasteiger partial charge in [0.1, 0.15) is 12.4 Å². The van der Waals surface area contributed by atoms with Crippen LogP contribution in [0.1, 0.15) is 34.3 Å². The number of piperazine rings is 1. The van der Waals surface area contributed by atoms with E-state index in [2.05, 4.69) is 33.3 Å². The summed E-state index contributed by atoms with van der Waals surface area (Å²) in [5.74, 6) is 1.56. The number of hydrogen-bond acceptors (Lipinski definition) is 7. The first-order chi connectivity index (χ1) is 16.5. The molecule has 8 nitrogen and oxygen atoms in total. The van der Waals surface area contributed by atoms with Crippen molar-refractivity contribution in [1.82, 2.24) is 10.1 Å². The van der Waals surface area contributed by atoms with Crippen LogP contribution < -0.4 is 19.7 Å². The van der Waals surface area contributed by atoms with E-state index in [0.717, 1.165) is 61.1 Å². The van der Waals surface area contributed by atoms with Gasteiger partial charge in [0.15, 0.2) is 11.5 Å². The van der Waals surface area contributed by atoms with Crippen LogP contribution >= 0.6 is 0 Å². The second kappa shape index (κ2) is 10.6. The molecule has 1 aliphatic rings. The lowest BCUT2D eigenvalue weighted by Gasteiger charge is -2.36. The number of carbonyl (C=O) groups excluding carboxylic acids is 1. The molecule has 0 radical (unpaired) electrons. The number of anilines is 2. The van der Waals surface area contributed by atoms with Gasteiger partial charge in [-0.15, -0.1) is 0 Å². The van der Waals surface area contributed by atoms with Gasteiger partial charge >= 0.3 is 0 Å². The molecule has 0 saturated carbocycles. The maximum atomic E-state index is 13.1. The summed E-state index contributed by atoms with van der Waals surface area (Å²) in [6.45, 7) is 11.2. The molecule has 2 heterocycles. The largest absolute Gasteiger partial charge is 0.493 e. The zero-order valence-electron chi connectivity index (χ0n) is 20.3. The number of aryl methyl sites for hydroxylation is 2. The van der Waals surface area contributed by atoms with Crippen molar-refractivity contribution in [3.63, 3.8) is 0 Å². The minimum atomic E-state index is -0.199. The van der Waals surface area contributed by atoms with E-state index in [4.69, 9.17) is 14.0 Å². The topological polar surface area (TPSA) is 80.1 Å². The van der Waals surface area contributed by atoms with Crippen molar-refractivity contribution in [3.8, 4) is 11.5 Å². The molecular weight excluding hydrogens is 432 g/mol. The molecule has 4 rings (SSSR count). The van der Waals surface area contributed by atoms with E-state index in [-0.39, 0.29) is 5.91 Å². The van der Waals surface area contributed by atoms with Gasteiger partial charge in [-0.05, 0) is 50.7 Å². The Hall–Kier alpha value is -3.52. The summed E-state index contributed by atoms with van der Waals surface area (Å²) >= 11 is 0. The van der Waals surface area contributed by atoms with Crippen LogP contribution in [0, 0.1) is 13.8 Å². The van der Waals surface area contributed by atoms with Crippen LogP contribution in [-0.2, 0) is 6.61 Å². The van der Waals surface area contributed by atoms with Crippen molar-refractivity contribution in [2.24, 2.45) is 0 Å². The molecule has 1 amide bonds. The maximum absolute atomic E-state index is 13.1. The third kappa shape index (κ3) is 5.17. The number of aromatic nitrogens is 1. The summed E-state index contributed by atoms with van der Waals surface area (Å²) in [6, 6.07) is 13.1. The standard InChI is InChI=1S/C26H32N4O4/c1-5-29-12-14-30(15-13-29)23-9-7-6-8-22(23)27-26(31)20-10-11-24(25(16-20)32-4)33-17-21-18(2)28-34-19(21)3/h6-11,16H,5,12-15,17H2,1-4H3,(H,27,31). The zero-order valence-corrected chi connectivity index (χ0v) is 20.3. The molecule has 1 N–H and O–H groups in total. The van der Waals surface area contributed by atoms with Gasteiger partial charge in [0.25, 0.3) is 5.91 Å². The lowest BCUT2D eigenvalue weighted by molar-refractivity contribution is 0.102. The van der Waals surface area contributed by atoms with Crippen molar-refractivity contribution in [1.29, 1.82) is 0 Å². The molecule has 34 heavy (non-hydrogen) atoms. The molecule has 0 unspecified atom stereocenters. The molecule has 180 valence electrons. The molecule has 0 spiro atoms. The monoisotopic (exact) mass is 464 g/mol. The second-order valence-corrected chi connectivity index (χ2v) is 8.35. The van der Waals surface area contributed by atoms with Gasteiger partial charge in [0.05, 0.1) is 29.7 Å². The summed E-state index contributed by atoms with van der Waals surface area (Å²) < 4.78 is 16.6. The van der Waals surface area contributed by atoms with Gasteiger partial charge in [0.2, 0.25) is 0 Å². The van der Waals surface area contributed by atoms with Gasteiger partial charge in [-0.25, -0.2) is 0 Å². The van der Waals surface area contributed by atoms with Crippen LogP contribution in [0.15, 0.2) is 47.0 Å². The molecule has 1 saturated heterocycles. The van der Waals surface area contributed by atoms with E-state index in [0.29, 0.717) is 23.7 Å². The van der Waals surface area contributed by atoms with E-state index >= 15 is 0 Å². The Labute approximate surface area is 200 Å². The average molecular weight is 465 g/mol. The first-order valence-electron chi connectivity index (χ1n) is 11.6. The summed E-state index contributed by atoms with van der Waals surface area (Å²) in [5.41, 5.74) is 4.03. The van der Waals surface area contributed by atoms with Crippen molar-refractivity contribution in [2.75, 3.05) is 50.1 Å². The van der Waals surface area contributed by atoms with Crippen LogP contribution in [0.25, 0.3) is 0 Å². The van der Waals surface area contributed by atoms with Crippen molar-refractivity contribution in [3.05, 3.63) is 65.0 Å². The lowest BCUT2D eigenvalue weighted by atomic mass is 10.1. The van der Waals surface area contributed by atoms with Crippen molar-refractivity contribution >= 4 is 17.3 Å². The molecule has 0 atom stereocenters. The predicted molar refractivity (Wildman–Crippen MR) is 132 cm³/mol. The fourth-order valence-electron chi connectivity index (χ4n) is 4.14. The number of benzene rings is 2. The van der Waals surface area contributed by atoms with Crippen molar-refractivity contribution in [2.45, 2.75) is 27.4 Å². The Kier molecular flexibility index (Phi) is 7.37. The molecular formula is C26H32N4O4. The highest BCUT2D eigenvalue weighted by molar-refractivity contribution is 6.06. The predicted octanol–water partition coefficient (Wildman–Crippen LogP) is 4.27. The maximum Gasteiger partial charge on any atom is 0.255 e. The first kappa shape index (κ1) is 23.6. The Morgan fingerprint density at radius 2 is 1.85 bits per heavy atom. The quantitative estimate of drug-likeness (QED) is 0.533. The number of rotatable bonds is 8. The van der Waals surface area contributed by atoms with Crippen LogP contribution in [0.3, 0.4) is 0 Å². The molecule has 8 heteroatoms. The molecule has 1 fully saturated rings. The third-order valence-corrected chi connectivity index (χ3v) is 6.29. The number of carbonyl (C=O) groups is 1. The Morgan fingerprint density at radius 3 is 2.53 bits per heavy atom. The molecule has 1 aromatic heterocycles. The number of nitrogens with zero attached hydrogens (tertiary/aromatic N) is 3. The molecule has 1 aliphatic heterocycles. The fourth-order valence-corrected chi connectivity index (χ4v) is 4.14. The fraction of sp³-hybridized carbons (Fsp3) is 0.385. The smallest absolute Gasteiger partial charge is 0.255 e. The summed E-state index contributed by atoms with van der Waals surface area (Å²) in [7, 11) is 1.56. The Bertz CT molecular complexity index is 1120. The normalized spacial score (nSPS) is 14.2. The highest BCUT2D eigenvalue weighted by Crippen LogP contribution is 2.31. The highest BCUT2D eigenvalue weighted by atomic mass is 16.5. The molecule has 0 bridgehead atoms.